The van der Waals surface area contributed by atoms with Gasteiger partial charge in [0.15, 0.2) is 0 Å². The molecule has 1 aliphatic heterocycles. The van der Waals surface area contributed by atoms with E-state index in [2.05, 4.69) is 85.1 Å². The number of hydrogen-bond donors (Lipinski definition) is 1. The predicted octanol–water partition coefficient (Wildman–Crippen LogP) is 4.37. The monoisotopic (exact) mass is 515 g/mol. The predicted molar refractivity (Wildman–Crippen MR) is 152 cm³/mol. The van der Waals surface area contributed by atoms with E-state index in [1.165, 1.54) is 11.3 Å². The fourth-order valence-corrected chi connectivity index (χ4v) is 4.19. The van der Waals surface area contributed by atoms with Gasteiger partial charge in [0.05, 0.1) is 23.4 Å². The van der Waals surface area contributed by atoms with Crippen molar-refractivity contribution in [1.29, 1.82) is 0 Å². The number of anilines is 2. The number of benzene rings is 2. The van der Waals surface area contributed by atoms with E-state index in [1.807, 2.05) is 45.4 Å². The van der Waals surface area contributed by atoms with Crippen LogP contribution in [-0.4, -0.2) is 77.4 Å². The van der Waals surface area contributed by atoms with Gasteiger partial charge in [-0.05, 0) is 63.2 Å². The maximum atomic E-state index is 9.60. The third-order valence-corrected chi connectivity index (χ3v) is 6.35. The first-order valence-electron chi connectivity index (χ1n) is 12.8. The number of fused-ring (bicyclic) bond motifs is 1. The first kappa shape index (κ1) is 27.1. The van der Waals surface area contributed by atoms with Crippen LogP contribution in [0.4, 0.5) is 11.5 Å². The van der Waals surface area contributed by atoms with Crippen molar-refractivity contribution in [2.45, 2.75) is 32.9 Å². The molecule has 200 valence electrons. The number of rotatable bonds is 6. The van der Waals surface area contributed by atoms with Gasteiger partial charge in [0.2, 0.25) is 0 Å². The molecule has 2 aromatic heterocycles. The quantitative estimate of drug-likeness (QED) is 0.379. The molecule has 9 nitrogen and oxygen atoms in total. The van der Waals surface area contributed by atoms with Gasteiger partial charge in [-0.2, -0.15) is 5.10 Å². The number of nitrogens with zero attached hydrogens (tertiary/aromatic N) is 6. The third kappa shape index (κ3) is 7.29. The Morgan fingerprint density at radius 3 is 2.47 bits per heavy atom. The first-order chi connectivity index (χ1) is 18.2. The minimum atomic E-state index is -0.318. The lowest BCUT2D eigenvalue weighted by Crippen LogP contribution is -2.44. The van der Waals surface area contributed by atoms with Gasteiger partial charge < -0.3 is 19.4 Å². The number of aromatic nitrogens is 4. The smallest absolute Gasteiger partial charge is 0.293 e. The van der Waals surface area contributed by atoms with Gasteiger partial charge in [0.1, 0.15) is 11.4 Å². The van der Waals surface area contributed by atoms with E-state index in [1.54, 1.807) is 0 Å². The molecule has 1 saturated heterocycles. The molecule has 0 amide bonds. The van der Waals surface area contributed by atoms with Gasteiger partial charge in [0.25, 0.3) is 6.47 Å². The van der Waals surface area contributed by atoms with Crippen molar-refractivity contribution in [3.8, 4) is 11.1 Å². The zero-order chi connectivity index (χ0) is 27.1. The van der Waals surface area contributed by atoms with Crippen molar-refractivity contribution in [1.82, 2.24) is 25.1 Å². The van der Waals surface area contributed by atoms with Crippen LogP contribution < -0.4 is 9.80 Å². The summed E-state index contributed by atoms with van der Waals surface area (Å²) in [4.78, 5) is 26.1. The normalized spacial score (nSPS) is 14.1. The molecule has 1 aliphatic rings. The van der Waals surface area contributed by atoms with Crippen molar-refractivity contribution < 1.29 is 9.53 Å². The lowest BCUT2D eigenvalue weighted by molar-refractivity contribution is -0.138. The van der Waals surface area contributed by atoms with Crippen LogP contribution in [0.1, 0.15) is 26.3 Å². The average Bonchev–Trinajstić information content (AvgIpc) is 3.43. The van der Waals surface area contributed by atoms with E-state index in [9.17, 15) is 4.79 Å². The molecular formula is C29H37N7O2. The molecule has 0 spiro atoms. The molecule has 0 bridgehead atoms. The Morgan fingerprint density at radius 1 is 1.03 bits per heavy atom. The Hall–Kier alpha value is -3.98. The van der Waals surface area contributed by atoms with E-state index >= 15 is 0 Å². The van der Waals surface area contributed by atoms with Crippen molar-refractivity contribution in [2.75, 3.05) is 50.1 Å². The summed E-state index contributed by atoms with van der Waals surface area (Å²) in [5.41, 5.74) is 6.16. The Labute approximate surface area is 224 Å². The molecule has 3 heterocycles. The first-order valence-corrected chi connectivity index (χ1v) is 12.8. The average molecular weight is 516 g/mol. The van der Waals surface area contributed by atoms with Crippen molar-refractivity contribution in [2.24, 2.45) is 0 Å². The minimum Gasteiger partial charge on any atom is -0.462 e. The summed E-state index contributed by atoms with van der Waals surface area (Å²) in [6.07, 6.45) is 5.55. The Balaban J connectivity index is 0.000000426. The fourth-order valence-electron chi connectivity index (χ4n) is 4.19. The van der Waals surface area contributed by atoms with E-state index < -0.39 is 0 Å². The molecule has 5 rings (SSSR count). The Kier molecular flexibility index (Phi) is 8.58. The molecule has 0 atom stereocenters. The van der Waals surface area contributed by atoms with Crippen LogP contribution in [0, 0.1) is 0 Å². The molecule has 1 fully saturated rings. The number of hydrogen-bond acceptors (Lipinski definition) is 8. The van der Waals surface area contributed by atoms with Crippen LogP contribution in [0.15, 0.2) is 61.1 Å². The molecule has 0 aliphatic carbocycles. The molecule has 2 aromatic carbocycles. The molecule has 38 heavy (non-hydrogen) atoms. The Bertz CT molecular complexity index is 1330. The second-order valence-electron chi connectivity index (χ2n) is 10.6. The van der Waals surface area contributed by atoms with Crippen molar-refractivity contribution >= 4 is 29.0 Å². The molecule has 4 aromatic rings. The summed E-state index contributed by atoms with van der Waals surface area (Å²) in [7, 11) is 4.25. The number of likely N-dealkylation sites (N-methyl/N-ethyl adjacent to an activating group) is 1. The topological polar surface area (TPSA) is 90.5 Å². The van der Waals surface area contributed by atoms with Gasteiger partial charge in [-0.3, -0.25) is 14.9 Å². The van der Waals surface area contributed by atoms with Crippen LogP contribution in [-0.2, 0) is 16.1 Å². The van der Waals surface area contributed by atoms with Gasteiger partial charge in [-0.1, -0.05) is 18.2 Å². The Morgan fingerprint density at radius 2 is 1.82 bits per heavy atom. The van der Waals surface area contributed by atoms with Gasteiger partial charge >= 0.3 is 0 Å². The number of piperazine rings is 1. The molecule has 0 radical (unpaired) electrons. The number of carbonyl (C=O) groups is 1. The lowest BCUT2D eigenvalue weighted by atomic mass is 10.1. The zero-order valence-electron chi connectivity index (χ0n) is 22.9. The van der Waals surface area contributed by atoms with E-state index in [0.29, 0.717) is 6.47 Å². The van der Waals surface area contributed by atoms with Crippen molar-refractivity contribution in [3.05, 3.63) is 66.6 Å². The van der Waals surface area contributed by atoms with Crippen LogP contribution in [0.25, 0.3) is 22.2 Å². The maximum Gasteiger partial charge on any atom is 0.293 e. The molecule has 1 N–H and O–H groups in total. The van der Waals surface area contributed by atoms with Crippen molar-refractivity contribution in [3.63, 3.8) is 0 Å². The highest BCUT2D eigenvalue weighted by molar-refractivity contribution is 5.81. The second kappa shape index (κ2) is 12.0. The lowest BCUT2D eigenvalue weighted by Gasteiger charge is -2.34. The largest absolute Gasteiger partial charge is 0.462 e. The highest BCUT2D eigenvalue weighted by Crippen LogP contribution is 2.24. The van der Waals surface area contributed by atoms with E-state index in [4.69, 9.17) is 4.98 Å². The summed E-state index contributed by atoms with van der Waals surface area (Å²) in [6.45, 7) is 11.1. The number of aromatic amines is 1. The molecule has 0 saturated carbocycles. The van der Waals surface area contributed by atoms with Crippen LogP contribution >= 0.6 is 0 Å². The summed E-state index contributed by atoms with van der Waals surface area (Å²) < 4.78 is 4.55. The summed E-state index contributed by atoms with van der Waals surface area (Å²) in [5.74, 6) is 0.869. The summed E-state index contributed by atoms with van der Waals surface area (Å²) in [6, 6.07) is 15.0. The van der Waals surface area contributed by atoms with Gasteiger partial charge in [-0.25, -0.2) is 4.98 Å². The minimum absolute atomic E-state index is 0.318. The number of ether oxygens (including phenoxy) is 1. The number of carbonyl (C=O) groups excluding carboxylic acids is 1. The molecule has 9 heteroatoms. The molecule has 0 unspecified atom stereocenters. The van der Waals surface area contributed by atoms with Crippen LogP contribution in [0.2, 0.25) is 0 Å². The highest BCUT2D eigenvalue weighted by atomic mass is 16.5. The second-order valence-corrected chi connectivity index (χ2v) is 10.6. The van der Waals surface area contributed by atoms with E-state index in [-0.39, 0.29) is 5.60 Å². The molecular weight excluding hydrogens is 478 g/mol. The highest BCUT2D eigenvalue weighted by Gasteiger charge is 2.15. The summed E-state index contributed by atoms with van der Waals surface area (Å²) in [5, 5.41) is 6.87. The zero-order valence-corrected chi connectivity index (χ0v) is 22.9. The SMILES string of the molecule is CC(C)(C)OC=O.CN1CCN(c2cccc(CN(C)c3cnc4cc(-c5cn[nH]c5)ccc4n3)c2)CC1. The van der Waals surface area contributed by atoms with Gasteiger partial charge in [-0.15, -0.1) is 0 Å². The number of nitrogens with one attached hydrogen (secondary N) is 1. The van der Waals surface area contributed by atoms with Crippen LogP contribution in [0.3, 0.4) is 0 Å². The third-order valence-electron chi connectivity index (χ3n) is 6.35. The maximum absolute atomic E-state index is 9.60. The van der Waals surface area contributed by atoms with E-state index in [0.717, 1.165) is 60.7 Å². The fraction of sp³-hybridized carbons (Fsp3) is 0.379. The summed E-state index contributed by atoms with van der Waals surface area (Å²) >= 11 is 0. The standard InChI is InChI=1S/C24H27N7.C5H10O2/c1-29-8-10-31(11-9-29)21-5-3-4-18(12-21)17-30(2)24-16-25-23-13-19(6-7-22(23)28-24)20-14-26-27-15-20;1-5(2,3)7-4-6/h3-7,12-16H,8-11,17H2,1-2H3,(H,26,27);4H,1-3H3. The van der Waals surface area contributed by atoms with Gasteiger partial charge in [0, 0.05) is 57.2 Å². The number of H-pyrrole nitrogens is 1. The van der Waals surface area contributed by atoms with Crippen LogP contribution in [0.5, 0.6) is 0 Å².